The molecule has 1 unspecified atom stereocenters. The maximum absolute atomic E-state index is 9.05. The number of allylic oxidation sites excluding steroid dienone is 1. The van der Waals surface area contributed by atoms with E-state index in [4.69, 9.17) is 9.84 Å². The summed E-state index contributed by atoms with van der Waals surface area (Å²) in [5.74, 6) is 0.514. The summed E-state index contributed by atoms with van der Waals surface area (Å²) in [6.45, 7) is 0.687. The molecular formula is C7H11IO2. The third-order valence-electron chi connectivity index (χ3n) is 1.65. The topological polar surface area (TPSA) is 29.5 Å². The van der Waals surface area contributed by atoms with Crippen LogP contribution in [0, 0.1) is 5.92 Å². The quantitative estimate of drug-likeness (QED) is 0.721. The Morgan fingerprint density at radius 1 is 1.60 bits per heavy atom. The summed E-state index contributed by atoms with van der Waals surface area (Å²) in [7, 11) is 0. The van der Waals surface area contributed by atoms with Gasteiger partial charge in [0.05, 0.1) is 6.61 Å². The SMILES string of the molecule is OC1C[C@H](/C=C/I)CCO1. The maximum atomic E-state index is 9.05. The molecule has 0 aromatic carbocycles. The number of hydrogen-bond acceptors (Lipinski definition) is 2. The molecule has 0 spiro atoms. The Morgan fingerprint density at radius 3 is 3.00 bits per heavy atom. The van der Waals surface area contributed by atoms with E-state index < -0.39 is 6.29 Å². The van der Waals surface area contributed by atoms with E-state index in [1.807, 2.05) is 4.08 Å². The Kier molecular flexibility index (Phi) is 3.65. The molecule has 0 bridgehead atoms. The van der Waals surface area contributed by atoms with Crippen LogP contribution in [0.5, 0.6) is 0 Å². The third-order valence-corrected chi connectivity index (χ3v) is 2.06. The van der Waals surface area contributed by atoms with Crippen molar-refractivity contribution >= 4 is 22.6 Å². The fourth-order valence-corrected chi connectivity index (χ4v) is 1.67. The monoisotopic (exact) mass is 254 g/mol. The van der Waals surface area contributed by atoms with E-state index in [1.54, 1.807) is 0 Å². The number of rotatable bonds is 1. The molecule has 0 saturated carbocycles. The second-order valence-corrected chi connectivity index (χ2v) is 3.15. The second-order valence-electron chi connectivity index (χ2n) is 2.43. The highest BCUT2D eigenvalue weighted by molar-refractivity contribution is 14.1. The predicted molar refractivity (Wildman–Crippen MR) is 47.8 cm³/mol. The maximum Gasteiger partial charge on any atom is 0.155 e. The van der Waals surface area contributed by atoms with E-state index in [9.17, 15) is 0 Å². The van der Waals surface area contributed by atoms with Gasteiger partial charge < -0.3 is 9.84 Å². The molecule has 1 aliphatic rings. The minimum atomic E-state index is -0.536. The number of halogens is 1. The van der Waals surface area contributed by atoms with Gasteiger partial charge in [0.1, 0.15) is 0 Å². The Morgan fingerprint density at radius 2 is 2.40 bits per heavy atom. The van der Waals surface area contributed by atoms with Gasteiger partial charge in [0.15, 0.2) is 6.29 Å². The first-order valence-electron chi connectivity index (χ1n) is 3.39. The van der Waals surface area contributed by atoms with E-state index >= 15 is 0 Å². The van der Waals surface area contributed by atoms with Crippen LogP contribution in [0.4, 0.5) is 0 Å². The lowest BCUT2D eigenvalue weighted by molar-refractivity contribution is -0.132. The normalized spacial score (nSPS) is 35.0. The van der Waals surface area contributed by atoms with Crippen LogP contribution >= 0.6 is 22.6 Å². The van der Waals surface area contributed by atoms with Crippen molar-refractivity contribution in [3.05, 3.63) is 10.2 Å². The van der Waals surface area contributed by atoms with Gasteiger partial charge in [-0.2, -0.15) is 0 Å². The second kappa shape index (κ2) is 4.31. The molecule has 10 heavy (non-hydrogen) atoms. The zero-order valence-corrected chi connectivity index (χ0v) is 7.82. The zero-order chi connectivity index (χ0) is 7.40. The van der Waals surface area contributed by atoms with Crippen molar-refractivity contribution in [1.29, 1.82) is 0 Å². The minimum Gasteiger partial charge on any atom is -0.368 e. The van der Waals surface area contributed by atoms with Crippen molar-refractivity contribution in [3.8, 4) is 0 Å². The van der Waals surface area contributed by atoms with Gasteiger partial charge in [-0.3, -0.25) is 0 Å². The molecule has 1 N–H and O–H groups in total. The van der Waals surface area contributed by atoms with Gasteiger partial charge in [0.25, 0.3) is 0 Å². The largest absolute Gasteiger partial charge is 0.368 e. The third kappa shape index (κ3) is 2.56. The number of aliphatic hydroxyl groups excluding tert-OH is 1. The first-order valence-corrected chi connectivity index (χ1v) is 4.64. The molecule has 0 aromatic heterocycles. The molecule has 3 heteroatoms. The highest BCUT2D eigenvalue weighted by atomic mass is 127. The standard InChI is InChI=1S/C7H11IO2/c8-3-1-6-2-4-10-7(9)5-6/h1,3,6-7,9H,2,4-5H2/b3-1+/t6-,7?/m1/s1. The summed E-state index contributed by atoms with van der Waals surface area (Å²) in [4.78, 5) is 0. The lowest BCUT2D eigenvalue weighted by Gasteiger charge is -2.23. The lowest BCUT2D eigenvalue weighted by atomic mass is 10.00. The molecule has 1 rings (SSSR count). The molecule has 2 atom stereocenters. The van der Waals surface area contributed by atoms with Crippen LogP contribution in [0.2, 0.25) is 0 Å². The van der Waals surface area contributed by atoms with Crippen molar-refractivity contribution in [2.24, 2.45) is 5.92 Å². The molecule has 1 aliphatic heterocycles. The van der Waals surface area contributed by atoms with Gasteiger partial charge in [-0.1, -0.05) is 28.7 Å². The van der Waals surface area contributed by atoms with Crippen molar-refractivity contribution < 1.29 is 9.84 Å². The zero-order valence-electron chi connectivity index (χ0n) is 5.66. The number of ether oxygens (including phenoxy) is 1. The van der Waals surface area contributed by atoms with E-state index in [0.717, 1.165) is 12.8 Å². The van der Waals surface area contributed by atoms with Crippen LogP contribution in [0.15, 0.2) is 10.2 Å². The molecule has 1 heterocycles. The van der Waals surface area contributed by atoms with Gasteiger partial charge >= 0.3 is 0 Å². The van der Waals surface area contributed by atoms with Crippen molar-refractivity contribution in [1.82, 2.24) is 0 Å². The fraction of sp³-hybridized carbons (Fsp3) is 0.714. The van der Waals surface area contributed by atoms with Gasteiger partial charge in [0, 0.05) is 6.42 Å². The lowest BCUT2D eigenvalue weighted by Crippen LogP contribution is -2.23. The van der Waals surface area contributed by atoms with Crippen molar-refractivity contribution in [3.63, 3.8) is 0 Å². The first-order chi connectivity index (χ1) is 4.83. The molecule has 0 radical (unpaired) electrons. The number of hydrogen-bond donors (Lipinski definition) is 1. The molecule has 0 amide bonds. The molecule has 1 saturated heterocycles. The van der Waals surface area contributed by atoms with E-state index in [-0.39, 0.29) is 0 Å². The summed E-state index contributed by atoms with van der Waals surface area (Å²) in [6, 6.07) is 0. The minimum absolute atomic E-state index is 0.514. The first kappa shape index (κ1) is 8.49. The van der Waals surface area contributed by atoms with Crippen molar-refractivity contribution in [2.75, 3.05) is 6.61 Å². The Labute approximate surface area is 74.4 Å². The smallest absolute Gasteiger partial charge is 0.155 e. The molecule has 0 aliphatic carbocycles. The Hall–Kier alpha value is 0.390. The summed E-state index contributed by atoms with van der Waals surface area (Å²) in [5, 5.41) is 9.05. The molecule has 58 valence electrons. The van der Waals surface area contributed by atoms with E-state index in [0.29, 0.717) is 12.5 Å². The molecule has 2 nitrogen and oxygen atoms in total. The van der Waals surface area contributed by atoms with Crippen LogP contribution in [0.3, 0.4) is 0 Å². The average Bonchev–Trinajstić information content (AvgIpc) is 1.88. The van der Waals surface area contributed by atoms with Crippen LogP contribution in [0.1, 0.15) is 12.8 Å². The summed E-state index contributed by atoms with van der Waals surface area (Å²) >= 11 is 2.19. The van der Waals surface area contributed by atoms with Gasteiger partial charge in [-0.05, 0) is 16.4 Å². The van der Waals surface area contributed by atoms with E-state index in [2.05, 4.69) is 28.7 Å². The summed E-state index contributed by atoms with van der Waals surface area (Å²) in [6.07, 6.45) is 3.37. The van der Waals surface area contributed by atoms with Crippen LogP contribution in [0.25, 0.3) is 0 Å². The summed E-state index contributed by atoms with van der Waals surface area (Å²) < 4.78 is 6.97. The molecule has 0 aromatic rings. The average molecular weight is 254 g/mol. The number of aliphatic hydroxyl groups is 1. The van der Waals surface area contributed by atoms with Crippen LogP contribution < -0.4 is 0 Å². The Balaban J connectivity index is 2.32. The van der Waals surface area contributed by atoms with Crippen LogP contribution in [-0.4, -0.2) is 18.0 Å². The van der Waals surface area contributed by atoms with Crippen LogP contribution in [-0.2, 0) is 4.74 Å². The highest BCUT2D eigenvalue weighted by Crippen LogP contribution is 2.20. The molecule has 1 fully saturated rings. The fourth-order valence-electron chi connectivity index (χ4n) is 1.08. The molecular weight excluding hydrogens is 243 g/mol. The highest BCUT2D eigenvalue weighted by Gasteiger charge is 2.17. The van der Waals surface area contributed by atoms with E-state index in [1.165, 1.54) is 0 Å². The van der Waals surface area contributed by atoms with Crippen molar-refractivity contribution in [2.45, 2.75) is 19.1 Å². The van der Waals surface area contributed by atoms with Gasteiger partial charge in [0.2, 0.25) is 0 Å². The Bertz CT molecular complexity index is 125. The van der Waals surface area contributed by atoms with Gasteiger partial charge in [-0.15, -0.1) is 0 Å². The summed E-state index contributed by atoms with van der Waals surface area (Å²) in [5.41, 5.74) is 0. The van der Waals surface area contributed by atoms with Gasteiger partial charge in [-0.25, -0.2) is 0 Å². The predicted octanol–water partition coefficient (Wildman–Crippen LogP) is 1.68.